The summed E-state index contributed by atoms with van der Waals surface area (Å²) in [6, 6.07) is 2.05. The average Bonchev–Trinajstić information content (AvgIpc) is 2.34. The molecule has 1 nitrogen and oxygen atoms in total. The zero-order valence-corrected chi connectivity index (χ0v) is 5.95. The van der Waals surface area contributed by atoms with Crippen molar-refractivity contribution in [1.82, 2.24) is 4.98 Å². The van der Waals surface area contributed by atoms with Gasteiger partial charge in [0.1, 0.15) is 0 Å². The van der Waals surface area contributed by atoms with Crippen LogP contribution in [-0.2, 0) is 0 Å². The first-order valence-corrected chi connectivity index (χ1v) is 3.78. The predicted octanol–water partition coefficient (Wildman–Crippen LogP) is 2.29. The largest absolute Gasteiger partial charge is 0.367 e. The lowest BCUT2D eigenvalue weighted by Gasteiger charge is -1.87. The molecule has 48 valence electrons. The van der Waals surface area contributed by atoms with Crippen LogP contribution in [0, 0.1) is 0 Å². The average molecular weight is 139 g/mol. The van der Waals surface area contributed by atoms with Crippen molar-refractivity contribution < 1.29 is 0 Å². The molecule has 0 radical (unpaired) electrons. The summed E-state index contributed by atoms with van der Waals surface area (Å²) in [6.45, 7) is 3.63. The Labute approximate surface area is 59.2 Å². The maximum Gasteiger partial charge on any atom is 0.0250 e. The van der Waals surface area contributed by atoms with Gasteiger partial charge in [0.25, 0.3) is 0 Å². The van der Waals surface area contributed by atoms with Crippen LogP contribution >= 0.6 is 11.8 Å². The van der Waals surface area contributed by atoms with Crippen molar-refractivity contribution in [3.05, 3.63) is 31.1 Å². The van der Waals surface area contributed by atoms with E-state index in [1.54, 1.807) is 11.8 Å². The number of aromatic nitrogens is 1. The molecule has 0 unspecified atom stereocenters. The molecule has 0 bridgehead atoms. The Morgan fingerprint density at radius 1 is 1.78 bits per heavy atom. The molecule has 0 saturated heterocycles. The maximum atomic E-state index is 3.63. The molecule has 1 aromatic heterocycles. The molecule has 0 aliphatic carbocycles. The van der Waals surface area contributed by atoms with Gasteiger partial charge < -0.3 is 4.98 Å². The second kappa shape index (κ2) is 3.41. The summed E-state index contributed by atoms with van der Waals surface area (Å²) in [5.41, 5.74) is 0. The third kappa shape index (κ3) is 1.98. The van der Waals surface area contributed by atoms with Crippen molar-refractivity contribution in [2.75, 3.05) is 5.75 Å². The number of hydrogen-bond acceptors (Lipinski definition) is 1. The van der Waals surface area contributed by atoms with Gasteiger partial charge in [-0.25, -0.2) is 0 Å². The highest BCUT2D eigenvalue weighted by atomic mass is 32.2. The summed E-state index contributed by atoms with van der Waals surface area (Å²) in [5, 5.41) is 0. The van der Waals surface area contributed by atoms with Gasteiger partial charge in [-0.05, 0) is 6.07 Å². The lowest BCUT2D eigenvalue weighted by molar-refractivity contribution is 1.38. The van der Waals surface area contributed by atoms with E-state index in [2.05, 4.69) is 11.6 Å². The van der Waals surface area contributed by atoms with Gasteiger partial charge >= 0.3 is 0 Å². The topological polar surface area (TPSA) is 15.8 Å². The fraction of sp³-hybridized carbons (Fsp3) is 0.143. The van der Waals surface area contributed by atoms with Gasteiger partial charge in [0.05, 0.1) is 0 Å². The minimum absolute atomic E-state index is 0.984. The monoisotopic (exact) mass is 139 g/mol. The normalized spacial score (nSPS) is 9.33. The number of rotatable bonds is 3. The van der Waals surface area contributed by atoms with Crippen LogP contribution in [-0.4, -0.2) is 10.7 Å². The molecular weight excluding hydrogens is 130 g/mol. The van der Waals surface area contributed by atoms with Crippen LogP contribution in [0.2, 0.25) is 0 Å². The molecule has 2 heteroatoms. The summed E-state index contributed by atoms with van der Waals surface area (Å²) in [6.07, 6.45) is 5.80. The molecule has 0 atom stereocenters. The number of aromatic amines is 1. The zero-order valence-electron chi connectivity index (χ0n) is 5.13. The van der Waals surface area contributed by atoms with E-state index in [1.165, 1.54) is 4.90 Å². The van der Waals surface area contributed by atoms with Gasteiger partial charge in [-0.2, -0.15) is 0 Å². The number of hydrogen-bond donors (Lipinski definition) is 1. The summed E-state index contributed by atoms with van der Waals surface area (Å²) in [7, 11) is 0. The third-order valence-electron chi connectivity index (χ3n) is 0.937. The first-order valence-electron chi connectivity index (χ1n) is 2.80. The molecule has 9 heavy (non-hydrogen) atoms. The molecule has 0 spiro atoms. The Morgan fingerprint density at radius 3 is 3.22 bits per heavy atom. The molecule has 1 rings (SSSR count). The van der Waals surface area contributed by atoms with Crippen LogP contribution in [0.25, 0.3) is 0 Å². The van der Waals surface area contributed by atoms with E-state index in [1.807, 2.05) is 24.5 Å². The van der Waals surface area contributed by atoms with E-state index < -0.39 is 0 Å². The highest BCUT2D eigenvalue weighted by molar-refractivity contribution is 7.99. The lowest BCUT2D eigenvalue weighted by Crippen LogP contribution is -1.65. The molecule has 1 heterocycles. The maximum absolute atomic E-state index is 3.63. The predicted molar refractivity (Wildman–Crippen MR) is 41.7 cm³/mol. The van der Waals surface area contributed by atoms with Crippen LogP contribution in [0.15, 0.2) is 36.0 Å². The van der Waals surface area contributed by atoms with E-state index in [-0.39, 0.29) is 0 Å². The Kier molecular flexibility index (Phi) is 2.46. The SMILES string of the molecule is C=CCSc1cc[nH]c1. The van der Waals surface area contributed by atoms with Gasteiger partial charge in [0.15, 0.2) is 0 Å². The first-order chi connectivity index (χ1) is 4.43. The van der Waals surface area contributed by atoms with Gasteiger partial charge in [-0.1, -0.05) is 6.08 Å². The zero-order chi connectivity index (χ0) is 6.53. The van der Waals surface area contributed by atoms with Gasteiger partial charge in [-0.3, -0.25) is 0 Å². The minimum atomic E-state index is 0.984. The van der Waals surface area contributed by atoms with Crippen molar-refractivity contribution in [1.29, 1.82) is 0 Å². The number of nitrogens with one attached hydrogen (secondary N) is 1. The molecular formula is C7H9NS. The number of H-pyrrole nitrogens is 1. The number of thioether (sulfide) groups is 1. The highest BCUT2D eigenvalue weighted by Gasteiger charge is 1.87. The van der Waals surface area contributed by atoms with Crippen LogP contribution in [0.4, 0.5) is 0 Å². The van der Waals surface area contributed by atoms with Crippen molar-refractivity contribution in [3.8, 4) is 0 Å². The van der Waals surface area contributed by atoms with Crippen molar-refractivity contribution >= 4 is 11.8 Å². The summed E-state index contributed by atoms with van der Waals surface area (Å²) < 4.78 is 0. The smallest absolute Gasteiger partial charge is 0.0250 e. The quantitative estimate of drug-likeness (QED) is 0.502. The second-order valence-electron chi connectivity index (χ2n) is 1.65. The molecule has 0 aliphatic rings. The van der Waals surface area contributed by atoms with E-state index in [0.29, 0.717) is 0 Å². The second-order valence-corrected chi connectivity index (χ2v) is 2.74. The van der Waals surface area contributed by atoms with Crippen LogP contribution in [0.5, 0.6) is 0 Å². The summed E-state index contributed by atoms with van der Waals surface area (Å²) in [5.74, 6) is 0.984. The Balaban J connectivity index is 2.38. The Bertz CT molecular complexity index is 167. The molecule has 0 aromatic carbocycles. The van der Waals surface area contributed by atoms with Crippen molar-refractivity contribution in [2.24, 2.45) is 0 Å². The third-order valence-corrected chi connectivity index (χ3v) is 1.93. The minimum Gasteiger partial charge on any atom is -0.367 e. The van der Waals surface area contributed by atoms with Crippen molar-refractivity contribution in [3.63, 3.8) is 0 Å². The summed E-state index contributed by atoms with van der Waals surface area (Å²) in [4.78, 5) is 4.26. The fourth-order valence-corrected chi connectivity index (χ4v) is 1.18. The van der Waals surface area contributed by atoms with Crippen LogP contribution in [0.1, 0.15) is 0 Å². The highest BCUT2D eigenvalue weighted by Crippen LogP contribution is 2.15. The molecule has 1 aromatic rings. The Morgan fingerprint density at radius 2 is 2.67 bits per heavy atom. The standard InChI is InChI=1S/C7H9NS/c1-2-5-9-7-3-4-8-6-7/h2-4,6,8H,1,5H2. The van der Waals surface area contributed by atoms with E-state index in [0.717, 1.165) is 5.75 Å². The first kappa shape index (κ1) is 6.49. The van der Waals surface area contributed by atoms with Crippen LogP contribution < -0.4 is 0 Å². The molecule has 0 saturated carbocycles. The molecule has 0 fully saturated rings. The van der Waals surface area contributed by atoms with Gasteiger partial charge in [0.2, 0.25) is 0 Å². The Hall–Kier alpha value is -0.630. The van der Waals surface area contributed by atoms with E-state index >= 15 is 0 Å². The lowest BCUT2D eigenvalue weighted by atomic mass is 10.7. The van der Waals surface area contributed by atoms with Crippen LogP contribution in [0.3, 0.4) is 0 Å². The van der Waals surface area contributed by atoms with Crippen molar-refractivity contribution in [2.45, 2.75) is 4.90 Å². The molecule has 0 amide bonds. The van der Waals surface area contributed by atoms with E-state index in [4.69, 9.17) is 0 Å². The summed E-state index contributed by atoms with van der Waals surface area (Å²) >= 11 is 1.78. The molecule has 1 N–H and O–H groups in total. The van der Waals surface area contributed by atoms with Gasteiger partial charge in [0, 0.05) is 23.0 Å². The van der Waals surface area contributed by atoms with E-state index in [9.17, 15) is 0 Å². The molecule has 0 aliphatic heterocycles. The van der Waals surface area contributed by atoms with Gasteiger partial charge in [-0.15, -0.1) is 18.3 Å². The fourth-order valence-electron chi connectivity index (χ4n) is 0.554.